The van der Waals surface area contributed by atoms with Gasteiger partial charge in [-0.3, -0.25) is 24.3 Å². The summed E-state index contributed by atoms with van der Waals surface area (Å²) in [5, 5.41) is 1.60. The van der Waals surface area contributed by atoms with Crippen molar-refractivity contribution in [2.75, 3.05) is 11.9 Å². The second kappa shape index (κ2) is 7.44. The number of carbonyl (C=O) groups excluding carboxylic acids is 3. The molecule has 1 aromatic heterocycles. The van der Waals surface area contributed by atoms with E-state index in [0.29, 0.717) is 23.4 Å². The van der Waals surface area contributed by atoms with Crippen molar-refractivity contribution in [3.63, 3.8) is 0 Å². The largest absolute Gasteiger partial charge is 0.322 e. The molecule has 26 heavy (non-hydrogen) atoms. The molecule has 132 valence electrons. The topological polar surface area (TPSA) is 79.4 Å². The van der Waals surface area contributed by atoms with Crippen molar-refractivity contribution in [3.05, 3.63) is 64.8 Å². The summed E-state index contributed by atoms with van der Waals surface area (Å²) >= 11 is 0.704. The van der Waals surface area contributed by atoms with Crippen molar-refractivity contribution < 1.29 is 23.2 Å². The molecule has 9 heteroatoms. The van der Waals surface area contributed by atoms with Gasteiger partial charge in [0.25, 0.3) is 11.1 Å². The molecule has 6 nitrogen and oxygen atoms in total. The molecule has 3 amide bonds. The molecule has 1 saturated heterocycles. The molecular weight excluding hydrogens is 364 g/mol. The molecule has 2 aromatic rings. The second-order valence-corrected chi connectivity index (χ2v) is 6.21. The molecular formula is C17H11F2N3O3S. The van der Waals surface area contributed by atoms with E-state index in [2.05, 4.69) is 10.3 Å². The van der Waals surface area contributed by atoms with Crippen LogP contribution in [0.3, 0.4) is 0 Å². The molecule has 0 atom stereocenters. The number of halogens is 2. The SMILES string of the molecule is O=C(CN1C(=O)S/C(=C/c2ccncc2)C1=O)Nc1ccc(F)cc1F. The van der Waals surface area contributed by atoms with Gasteiger partial charge in [0.05, 0.1) is 10.6 Å². The third-order valence-corrected chi connectivity index (χ3v) is 4.29. The van der Waals surface area contributed by atoms with E-state index in [4.69, 9.17) is 0 Å². The number of rotatable bonds is 4. The molecule has 1 fully saturated rings. The number of imide groups is 1. The molecule has 1 N–H and O–H groups in total. The van der Waals surface area contributed by atoms with Crippen LogP contribution in [0.15, 0.2) is 47.6 Å². The fourth-order valence-electron chi connectivity index (χ4n) is 2.17. The average molecular weight is 375 g/mol. The van der Waals surface area contributed by atoms with E-state index in [0.717, 1.165) is 17.0 Å². The summed E-state index contributed by atoms with van der Waals surface area (Å²) in [6.45, 7) is -0.574. The van der Waals surface area contributed by atoms with Gasteiger partial charge in [0.15, 0.2) is 0 Å². The van der Waals surface area contributed by atoms with Crippen LogP contribution in [0.5, 0.6) is 0 Å². The number of hydrogen-bond acceptors (Lipinski definition) is 5. The van der Waals surface area contributed by atoms with Gasteiger partial charge in [-0.05, 0) is 47.7 Å². The van der Waals surface area contributed by atoms with Gasteiger partial charge in [-0.15, -0.1) is 0 Å². The Balaban J connectivity index is 1.69. The van der Waals surface area contributed by atoms with Crippen molar-refractivity contribution in [3.8, 4) is 0 Å². The lowest BCUT2D eigenvalue weighted by atomic mass is 10.2. The molecule has 2 heterocycles. The Morgan fingerprint density at radius 2 is 1.92 bits per heavy atom. The molecule has 1 aliphatic heterocycles. The third-order valence-electron chi connectivity index (χ3n) is 3.38. The number of pyridine rings is 1. The Kier molecular flexibility index (Phi) is 5.08. The number of carbonyl (C=O) groups is 3. The van der Waals surface area contributed by atoms with Gasteiger partial charge in [0.2, 0.25) is 5.91 Å². The maximum Gasteiger partial charge on any atom is 0.294 e. The van der Waals surface area contributed by atoms with Crippen LogP contribution in [0.2, 0.25) is 0 Å². The Morgan fingerprint density at radius 1 is 1.19 bits per heavy atom. The lowest BCUT2D eigenvalue weighted by molar-refractivity contribution is -0.127. The number of thioether (sulfide) groups is 1. The Labute approximate surface area is 150 Å². The smallest absolute Gasteiger partial charge is 0.294 e. The lowest BCUT2D eigenvalue weighted by Gasteiger charge is -2.12. The van der Waals surface area contributed by atoms with E-state index in [-0.39, 0.29) is 10.6 Å². The van der Waals surface area contributed by atoms with E-state index in [1.807, 2.05) is 0 Å². The van der Waals surface area contributed by atoms with Crippen molar-refractivity contribution in [2.45, 2.75) is 0 Å². The number of nitrogens with one attached hydrogen (secondary N) is 1. The summed E-state index contributed by atoms with van der Waals surface area (Å²) in [5.74, 6) is -3.13. The molecule has 0 unspecified atom stereocenters. The van der Waals surface area contributed by atoms with Crippen LogP contribution in [0, 0.1) is 11.6 Å². The van der Waals surface area contributed by atoms with E-state index >= 15 is 0 Å². The molecule has 0 saturated carbocycles. The van der Waals surface area contributed by atoms with Gasteiger partial charge < -0.3 is 5.32 Å². The number of anilines is 1. The number of nitrogens with zero attached hydrogens (tertiary/aromatic N) is 2. The minimum absolute atomic E-state index is 0.168. The maximum absolute atomic E-state index is 13.6. The monoisotopic (exact) mass is 375 g/mol. The summed E-state index contributed by atoms with van der Waals surface area (Å²) in [6.07, 6.45) is 4.60. The van der Waals surface area contributed by atoms with Crippen molar-refractivity contribution in [2.24, 2.45) is 0 Å². The minimum Gasteiger partial charge on any atom is -0.322 e. The van der Waals surface area contributed by atoms with Crippen LogP contribution >= 0.6 is 11.8 Å². The first kappa shape index (κ1) is 17.7. The first-order valence-electron chi connectivity index (χ1n) is 7.34. The summed E-state index contributed by atoms with van der Waals surface area (Å²) in [5.41, 5.74) is 0.444. The Bertz CT molecular complexity index is 919. The average Bonchev–Trinajstić information content (AvgIpc) is 2.86. The standard InChI is InChI=1S/C17H11F2N3O3S/c18-11-1-2-13(12(19)8-11)21-15(23)9-22-16(24)14(26-17(22)25)7-10-3-5-20-6-4-10/h1-8H,9H2,(H,21,23)/b14-7+. The molecule has 3 rings (SSSR count). The molecule has 0 bridgehead atoms. The number of hydrogen-bond donors (Lipinski definition) is 1. The number of aromatic nitrogens is 1. The molecule has 0 radical (unpaired) electrons. The quantitative estimate of drug-likeness (QED) is 0.831. The van der Waals surface area contributed by atoms with Gasteiger partial charge >= 0.3 is 0 Å². The van der Waals surface area contributed by atoms with Crippen molar-refractivity contribution >= 4 is 40.6 Å². The highest BCUT2D eigenvalue weighted by Gasteiger charge is 2.36. The first-order chi connectivity index (χ1) is 12.4. The Hall–Kier alpha value is -3.07. The zero-order valence-corrected chi connectivity index (χ0v) is 13.9. The maximum atomic E-state index is 13.6. The van der Waals surface area contributed by atoms with Gasteiger partial charge in [0, 0.05) is 18.5 Å². The van der Waals surface area contributed by atoms with Crippen LogP contribution in [-0.4, -0.2) is 33.5 Å². The van der Waals surface area contributed by atoms with Crippen LogP contribution in [-0.2, 0) is 9.59 Å². The fraction of sp³-hybridized carbons (Fsp3) is 0.0588. The van der Waals surface area contributed by atoms with Crippen LogP contribution in [0.1, 0.15) is 5.56 Å². The molecule has 0 aliphatic carbocycles. The minimum atomic E-state index is -0.954. The van der Waals surface area contributed by atoms with E-state index < -0.39 is 35.2 Å². The van der Waals surface area contributed by atoms with Crippen LogP contribution in [0.4, 0.5) is 19.3 Å². The Morgan fingerprint density at radius 3 is 2.62 bits per heavy atom. The molecule has 1 aliphatic rings. The van der Waals surface area contributed by atoms with Gasteiger partial charge in [-0.1, -0.05) is 0 Å². The summed E-state index contributed by atoms with van der Waals surface area (Å²) in [4.78, 5) is 41.1. The fourth-order valence-corrected chi connectivity index (χ4v) is 3.01. The summed E-state index contributed by atoms with van der Waals surface area (Å²) in [6, 6.07) is 5.99. The zero-order valence-electron chi connectivity index (χ0n) is 13.1. The normalized spacial score (nSPS) is 15.6. The summed E-state index contributed by atoms with van der Waals surface area (Å²) < 4.78 is 26.4. The van der Waals surface area contributed by atoms with E-state index in [1.165, 1.54) is 6.08 Å². The highest BCUT2D eigenvalue weighted by Crippen LogP contribution is 2.32. The number of amides is 3. The third kappa shape index (κ3) is 3.94. The van der Waals surface area contributed by atoms with Gasteiger partial charge in [-0.2, -0.15) is 0 Å². The van der Waals surface area contributed by atoms with Gasteiger partial charge in [0.1, 0.15) is 18.2 Å². The molecule has 0 spiro atoms. The molecule has 1 aromatic carbocycles. The second-order valence-electron chi connectivity index (χ2n) is 5.22. The predicted octanol–water partition coefficient (Wildman–Crippen LogP) is 3.03. The zero-order chi connectivity index (χ0) is 18.7. The highest BCUT2D eigenvalue weighted by molar-refractivity contribution is 8.18. The summed E-state index contributed by atoms with van der Waals surface area (Å²) in [7, 11) is 0. The van der Waals surface area contributed by atoms with E-state index in [9.17, 15) is 23.2 Å². The lowest BCUT2D eigenvalue weighted by Crippen LogP contribution is -2.36. The van der Waals surface area contributed by atoms with Crippen LogP contribution in [0.25, 0.3) is 6.08 Å². The predicted molar refractivity (Wildman–Crippen MR) is 91.9 cm³/mol. The van der Waals surface area contributed by atoms with Gasteiger partial charge in [-0.25, -0.2) is 8.78 Å². The number of benzene rings is 1. The van der Waals surface area contributed by atoms with Crippen LogP contribution < -0.4 is 5.32 Å². The first-order valence-corrected chi connectivity index (χ1v) is 8.16. The highest BCUT2D eigenvalue weighted by atomic mass is 32.2. The van der Waals surface area contributed by atoms with Crippen molar-refractivity contribution in [1.29, 1.82) is 0 Å². The van der Waals surface area contributed by atoms with Crippen molar-refractivity contribution in [1.82, 2.24) is 9.88 Å². The van der Waals surface area contributed by atoms with E-state index in [1.54, 1.807) is 24.5 Å².